The molecule has 0 aliphatic heterocycles. The minimum absolute atomic E-state index is 0.00637. The highest BCUT2D eigenvalue weighted by Crippen LogP contribution is 2.36. The van der Waals surface area contributed by atoms with Crippen LogP contribution in [0.2, 0.25) is 0 Å². The highest BCUT2D eigenvalue weighted by atomic mass is 19.1. The average molecular weight is 303 g/mol. The van der Waals surface area contributed by atoms with Crippen LogP contribution in [0.4, 0.5) is 4.39 Å². The molecule has 0 atom stereocenters. The summed E-state index contributed by atoms with van der Waals surface area (Å²) in [5.74, 6) is -2.07. The van der Waals surface area contributed by atoms with E-state index in [4.69, 9.17) is 10.8 Å². The van der Waals surface area contributed by atoms with Crippen molar-refractivity contribution < 1.29 is 14.3 Å². The summed E-state index contributed by atoms with van der Waals surface area (Å²) in [5, 5.41) is 9.10. The molecule has 2 aromatic heterocycles. The molecule has 0 unspecified atom stereocenters. The largest absolute Gasteiger partial charge is 0.477 e. The second-order valence-electron chi connectivity index (χ2n) is 5.31. The van der Waals surface area contributed by atoms with Crippen LogP contribution >= 0.6 is 0 Å². The molecule has 114 valence electrons. The van der Waals surface area contributed by atoms with Crippen LogP contribution in [0.25, 0.3) is 16.6 Å². The van der Waals surface area contributed by atoms with Crippen LogP contribution in [0.3, 0.4) is 0 Å². The van der Waals surface area contributed by atoms with E-state index < -0.39 is 17.2 Å². The van der Waals surface area contributed by atoms with Gasteiger partial charge in [-0.15, -0.1) is 0 Å². The molecule has 2 aromatic rings. The van der Waals surface area contributed by atoms with Crippen molar-refractivity contribution in [2.24, 2.45) is 5.73 Å². The first-order chi connectivity index (χ1) is 10.4. The van der Waals surface area contributed by atoms with Crippen molar-refractivity contribution in [3.05, 3.63) is 46.1 Å². The lowest BCUT2D eigenvalue weighted by Crippen LogP contribution is -2.20. The number of halogens is 1. The second kappa shape index (κ2) is 5.03. The Bertz CT molecular complexity index is 868. The molecule has 1 aliphatic carbocycles. The van der Waals surface area contributed by atoms with Crippen molar-refractivity contribution >= 4 is 22.6 Å². The Kier molecular flexibility index (Phi) is 3.29. The fourth-order valence-corrected chi connectivity index (χ4v) is 2.38. The number of hydrogen-bond acceptors (Lipinski definition) is 4. The molecule has 0 amide bonds. The SMILES string of the molecule is C=C(CN)c1nc2c(cc1F)c(=O)c(C(=O)O)cn2C1CC1. The highest BCUT2D eigenvalue weighted by Gasteiger charge is 2.28. The van der Waals surface area contributed by atoms with Crippen LogP contribution in [0.5, 0.6) is 0 Å². The Morgan fingerprint density at radius 1 is 1.55 bits per heavy atom. The van der Waals surface area contributed by atoms with Crippen LogP contribution in [-0.2, 0) is 0 Å². The summed E-state index contributed by atoms with van der Waals surface area (Å²) in [5.41, 5.74) is 4.93. The van der Waals surface area contributed by atoms with E-state index in [9.17, 15) is 14.0 Å². The van der Waals surface area contributed by atoms with Gasteiger partial charge < -0.3 is 15.4 Å². The first kappa shape index (κ1) is 14.4. The molecule has 3 N–H and O–H groups in total. The average Bonchev–Trinajstić information content (AvgIpc) is 3.31. The van der Waals surface area contributed by atoms with Crippen molar-refractivity contribution in [2.75, 3.05) is 6.54 Å². The van der Waals surface area contributed by atoms with E-state index in [1.165, 1.54) is 6.20 Å². The predicted octanol–water partition coefficient (Wildman–Crippen LogP) is 1.54. The maximum atomic E-state index is 14.1. The quantitative estimate of drug-likeness (QED) is 0.892. The van der Waals surface area contributed by atoms with Gasteiger partial charge in [0.15, 0.2) is 0 Å². The molecule has 22 heavy (non-hydrogen) atoms. The summed E-state index contributed by atoms with van der Waals surface area (Å²) < 4.78 is 15.8. The molecule has 0 aromatic carbocycles. The number of fused-ring (bicyclic) bond motifs is 1. The Balaban J connectivity index is 2.39. The van der Waals surface area contributed by atoms with E-state index in [0.29, 0.717) is 5.57 Å². The number of carbonyl (C=O) groups is 1. The monoisotopic (exact) mass is 303 g/mol. The van der Waals surface area contributed by atoms with Gasteiger partial charge in [-0.3, -0.25) is 4.79 Å². The number of rotatable bonds is 4. The van der Waals surface area contributed by atoms with Gasteiger partial charge in [-0.2, -0.15) is 0 Å². The summed E-state index contributed by atoms with van der Waals surface area (Å²) in [6.45, 7) is 3.70. The molecule has 0 spiro atoms. The molecular weight excluding hydrogens is 289 g/mol. The summed E-state index contributed by atoms with van der Waals surface area (Å²) in [6, 6.07) is 1.10. The lowest BCUT2D eigenvalue weighted by atomic mass is 10.1. The Labute approximate surface area is 124 Å². The van der Waals surface area contributed by atoms with Gasteiger partial charge in [0, 0.05) is 18.8 Å². The number of hydrogen-bond donors (Lipinski definition) is 2. The Morgan fingerprint density at radius 2 is 2.23 bits per heavy atom. The summed E-state index contributed by atoms with van der Waals surface area (Å²) in [6.07, 6.45) is 3.01. The van der Waals surface area contributed by atoms with E-state index >= 15 is 0 Å². The fourth-order valence-electron chi connectivity index (χ4n) is 2.38. The number of pyridine rings is 2. The zero-order valence-corrected chi connectivity index (χ0v) is 11.7. The van der Waals surface area contributed by atoms with E-state index in [0.717, 1.165) is 18.9 Å². The van der Waals surface area contributed by atoms with E-state index in [1.54, 1.807) is 4.57 Å². The van der Waals surface area contributed by atoms with Gasteiger partial charge in [-0.1, -0.05) is 6.58 Å². The minimum atomic E-state index is -1.34. The minimum Gasteiger partial charge on any atom is -0.477 e. The Hall–Kier alpha value is -2.54. The molecule has 1 aliphatic rings. The molecule has 3 rings (SSSR count). The van der Waals surface area contributed by atoms with Gasteiger partial charge in [0.25, 0.3) is 0 Å². The second-order valence-corrected chi connectivity index (χ2v) is 5.31. The summed E-state index contributed by atoms with van der Waals surface area (Å²) in [4.78, 5) is 27.6. The van der Waals surface area contributed by atoms with Gasteiger partial charge in [0.1, 0.15) is 22.7 Å². The van der Waals surface area contributed by atoms with Crippen molar-refractivity contribution in [3.63, 3.8) is 0 Å². The zero-order chi connectivity index (χ0) is 16.0. The van der Waals surface area contributed by atoms with E-state index in [1.807, 2.05) is 0 Å². The molecular formula is C15H14FN3O3. The first-order valence-electron chi connectivity index (χ1n) is 6.81. The molecule has 1 fully saturated rings. The van der Waals surface area contributed by atoms with Crippen molar-refractivity contribution in [3.8, 4) is 0 Å². The standard InChI is InChI=1S/C15H14FN3O3/c1-7(5-17)12-11(16)4-9-13(20)10(15(21)22)6-19(8-2-3-8)14(9)18-12/h4,6,8H,1-3,5,17H2,(H,21,22). The maximum absolute atomic E-state index is 14.1. The van der Waals surface area contributed by atoms with Gasteiger partial charge in [-0.05, 0) is 24.5 Å². The predicted molar refractivity (Wildman–Crippen MR) is 79.3 cm³/mol. The molecule has 6 nitrogen and oxygen atoms in total. The first-order valence-corrected chi connectivity index (χ1v) is 6.81. The third kappa shape index (κ3) is 2.19. The summed E-state index contributed by atoms with van der Waals surface area (Å²) in [7, 11) is 0. The van der Waals surface area contributed by atoms with Crippen LogP contribution < -0.4 is 11.2 Å². The number of aromatic nitrogens is 2. The molecule has 2 heterocycles. The number of nitrogens with two attached hydrogens (primary N) is 1. The molecule has 0 saturated heterocycles. The van der Waals surface area contributed by atoms with Gasteiger partial charge in [0.2, 0.25) is 5.43 Å². The van der Waals surface area contributed by atoms with Crippen LogP contribution in [0.1, 0.15) is 34.9 Å². The van der Waals surface area contributed by atoms with Crippen molar-refractivity contribution in [2.45, 2.75) is 18.9 Å². The molecule has 1 saturated carbocycles. The number of carboxylic acid groups (broad SMARTS) is 1. The van der Waals surface area contributed by atoms with Crippen LogP contribution in [0, 0.1) is 5.82 Å². The maximum Gasteiger partial charge on any atom is 0.341 e. The smallest absolute Gasteiger partial charge is 0.341 e. The Morgan fingerprint density at radius 3 is 2.77 bits per heavy atom. The number of aromatic carboxylic acids is 1. The van der Waals surface area contributed by atoms with E-state index in [2.05, 4.69) is 11.6 Å². The fraction of sp³-hybridized carbons (Fsp3) is 0.267. The normalized spacial score (nSPS) is 14.3. The third-order valence-corrected chi connectivity index (χ3v) is 3.71. The van der Waals surface area contributed by atoms with Crippen LogP contribution in [-0.4, -0.2) is 27.2 Å². The van der Waals surface area contributed by atoms with Gasteiger partial charge >= 0.3 is 5.97 Å². The van der Waals surface area contributed by atoms with Crippen LogP contribution in [0.15, 0.2) is 23.6 Å². The highest BCUT2D eigenvalue weighted by molar-refractivity contribution is 5.92. The molecule has 0 radical (unpaired) electrons. The van der Waals surface area contributed by atoms with Gasteiger partial charge in [0.05, 0.1) is 5.39 Å². The number of nitrogens with zero attached hydrogens (tertiary/aromatic N) is 2. The molecule has 0 bridgehead atoms. The summed E-state index contributed by atoms with van der Waals surface area (Å²) >= 11 is 0. The molecule has 7 heteroatoms. The van der Waals surface area contributed by atoms with Crippen molar-refractivity contribution in [1.29, 1.82) is 0 Å². The lowest BCUT2D eigenvalue weighted by Gasteiger charge is -2.13. The lowest BCUT2D eigenvalue weighted by molar-refractivity contribution is 0.0695. The topological polar surface area (TPSA) is 98.2 Å². The number of carboxylic acids is 1. The van der Waals surface area contributed by atoms with E-state index in [-0.39, 0.29) is 34.9 Å². The van der Waals surface area contributed by atoms with Crippen molar-refractivity contribution in [1.82, 2.24) is 9.55 Å². The third-order valence-electron chi connectivity index (χ3n) is 3.71. The van der Waals surface area contributed by atoms with Gasteiger partial charge in [-0.25, -0.2) is 14.2 Å². The zero-order valence-electron chi connectivity index (χ0n) is 11.7.